The molecule has 1 aromatic carbocycles. The smallest absolute Gasteiger partial charge is 0.249 e. The molecule has 0 atom stereocenters. The second-order valence-corrected chi connectivity index (χ2v) is 3.91. The molecule has 0 aliphatic rings. The third-order valence-corrected chi connectivity index (χ3v) is 2.39. The predicted octanol–water partition coefficient (Wildman–Crippen LogP) is 2.31. The molecule has 2 N–H and O–H groups in total. The quantitative estimate of drug-likeness (QED) is 0.851. The van der Waals surface area contributed by atoms with Gasteiger partial charge in [-0.15, -0.1) is 5.10 Å². The van der Waals surface area contributed by atoms with Gasteiger partial charge < -0.3 is 10.6 Å². The number of nitrogens with zero attached hydrogens (tertiary/aromatic N) is 4. The van der Waals surface area contributed by atoms with E-state index in [2.05, 4.69) is 38.8 Å². The van der Waals surface area contributed by atoms with Crippen molar-refractivity contribution in [2.24, 2.45) is 0 Å². The molecule has 0 radical (unpaired) electrons. The average molecular weight is 254 g/mol. The van der Waals surface area contributed by atoms with Gasteiger partial charge in [0.1, 0.15) is 0 Å². The molecule has 6 nitrogen and oxygen atoms in total. The molecule has 6 heteroatoms. The maximum Gasteiger partial charge on any atom is 0.249 e. The second kappa shape index (κ2) is 6.31. The molecule has 0 saturated heterocycles. The molecule has 1 heterocycles. The second-order valence-electron chi connectivity index (χ2n) is 3.91. The van der Waals surface area contributed by atoms with Gasteiger partial charge in [-0.1, -0.05) is 6.92 Å². The Balaban J connectivity index is 2.07. The van der Waals surface area contributed by atoms with E-state index < -0.39 is 0 Å². The Labute approximate surface area is 111 Å². The third-order valence-electron chi connectivity index (χ3n) is 2.39. The van der Waals surface area contributed by atoms with Crippen molar-refractivity contribution in [1.29, 1.82) is 5.26 Å². The Bertz CT molecular complexity index is 572. The fraction of sp³-hybridized carbons (Fsp3) is 0.231. The van der Waals surface area contributed by atoms with Gasteiger partial charge in [0.05, 0.1) is 17.8 Å². The van der Waals surface area contributed by atoms with Crippen molar-refractivity contribution in [1.82, 2.24) is 15.2 Å². The Morgan fingerprint density at radius 3 is 2.74 bits per heavy atom. The summed E-state index contributed by atoms with van der Waals surface area (Å²) >= 11 is 0. The zero-order valence-electron chi connectivity index (χ0n) is 10.6. The summed E-state index contributed by atoms with van der Waals surface area (Å²) in [6, 6.07) is 9.13. The van der Waals surface area contributed by atoms with Crippen molar-refractivity contribution in [3.8, 4) is 6.07 Å². The minimum Gasteiger partial charge on any atom is -0.369 e. The largest absolute Gasteiger partial charge is 0.369 e. The lowest BCUT2D eigenvalue weighted by Gasteiger charge is -2.06. The van der Waals surface area contributed by atoms with Crippen LogP contribution in [0.4, 0.5) is 17.5 Å². The lowest BCUT2D eigenvalue weighted by Crippen LogP contribution is -2.06. The highest BCUT2D eigenvalue weighted by Crippen LogP contribution is 2.14. The number of benzene rings is 1. The number of rotatable bonds is 5. The first kappa shape index (κ1) is 12.8. The van der Waals surface area contributed by atoms with E-state index in [0.29, 0.717) is 17.3 Å². The van der Waals surface area contributed by atoms with Gasteiger partial charge in [-0.2, -0.15) is 15.3 Å². The fourth-order valence-electron chi connectivity index (χ4n) is 1.45. The van der Waals surface area contributed by atoms with Crippen LogP contribution in [0.2, 0.25) is 0 Å². The van der Waals surface area contributed by atoms with Crippen LogP contribution in [0.15, 0.2) is 30.5 Å². The highest BCUT2D eigenvalue weighted by Gasteiger charge is 2.01. The molecule has 0 fully saturated rings. The number of anilines is 3. The van der Waals surface area contributed by atoms with E-state index in [9.17, 15) is 0 Å². The SMILES string of the molecule is CCCNc1cnnc(Nc2ccc(C#N)cc2)n1. The molecule has 0 bridgehead atoms. The number of hydrogen-bond acceptors (Lipinski definition) is 6. The van der Waals surface area contributed by atoms with Crippen LogP contribution in [-0.2, 0) is 0 Å². The average Bonchev–Trinajstić information content (AvgIpc) is 2.46. The topological polar surface area (TPSA) is 86.5 Å². The van der Waals surface area contributed by atoms with Crippen molar-refractivity contribution >= 4 is 17.5 Å². The first-order valence-electron chi connectivity index (χ1n) is 6.02. The van der Waals surface area contributed by atoms with Crippen molar-refractivity contribution in [2.75, 3.05) is 17.2 Å². The highest BCUT2D eigenvalue weighted by atomic mass is 15.3. The molecule has 0 aliphatic heterocycles. The Kier molecular flexibility index (Phi) is 4.24. The third kappa shape index (κ3) is 3.64. The summed E-state index contributed by atoms with van der Waals surface area (Å²) in [5.41, 5.74) is 1.43. The minimum absolute atomic E-state index is 0.422. The highest BCUT2D eigenvalue weighted by molar-refractivity contribution is 5.55. The lowest BCUT2D eigenvalue weighted by molar-refractivity contribution is 0.935. The summed E-state index contributed by atoms with van der Waals surface area (Å²) in [4.78, 5) is 4.29. The number of nitrogens with one attached hydrogen (secondary N) is 2. The van der Waals surface area contributed by atoms with E-state index in [1.807, 2.05) is 0 Å². The van der Waals surface area contributed by atoms with E-state index in [1.165, 1.54) is 0 Å². The van der Waals surface area contributed by atoms with Gasteiger partial charge >= 0.3 is 0 Å². The van der Waals surface area contributed by atoms with Crippen LogP contribution in [0.1, 0.15) is 18.9 Å². The lowest BCUT2D eigenvalue weighted by atomic mass is 10.2. The van der Waals surface area contributed by atoms with Gasteiger partial charge in [-0.3, -0.25) is 0 Å². The molecular weight excluding hydrogens is 240 g/mol. The molecule has 0 spiro atoms. The molecule has 0 saturated carbocycles. The van der Waals surface area contributed by atoms with Crippen LogP contribution in [-0.4, -0.2) is 21.7 Å². The first-order chi connectivity index (χ1) is 9.31. The van der Waals surface area contributed by atoms with Crippen LogP contribution >= 0.6 is 0 Å². The van der Waals surface area contributed by atoms with E-state index in [-0.39, 0.29) is 0 Å². The normalized spacial score (nSPS) is 9.68. The Morgan fingerprint density at radius 2 is 2.05 bits per heavy atom. The molecule has 2 rings (SSSR count). The molecule has 19 heavy (non-hydrogen) atoms. The van der Waals surface area contributed by atoms with Gasteiger partial charge in [-0.05, 0) is 30.7 Å². The van der Waals surface area contributed by atoms with Crippen LogP contribution in [0.5, 0.6) is 0 Å². The molecule has 96 valence electrons. The molecular formula is C13H14N6. The maximum atomic E-state index is 8.72. The van der Waals surface area contributed by atoms with E-state index in [0.717, 1.165) is 18.7 Å². The summed E-state index contributed by atoms with van der Waals surface area (Å²) in [5, 5.41) is 22.7. The van der Waals surface area contributed by atoms with Gasteiger partial charge in [0.2, 0.25) is 5.95 Å². The van der Waals surface area contributed by atoms with Crippen molar-refractivity contribution < 1.29 is 0 Å². The number of hydrogen-bond donors (Lipinski definition) is 2. The predicted molar refractivity (Wildman–Crippen MR) is 73.0 cm³/mol. The molecule has 0 unspecified atom stereocenters. The molecule has 0 aliphatic carbocycles. The Morgan fingerprint density at radius 1 is 1.26 bits per heavy atom. The molecule has 0 amide bonds. The van der Waals surface area contributed by atoms with Gasteiger partial charge in [0.25, 0.3) is 0 Å². The van der Waals surface area contributed by atoms with Crippen LogP contribution < -0.4 is 10.6 Å². The Hall–Kier alpha value is -2.68. The summed E-state index contributed by atoms with van der Waals surface area (Å²) in [5.74, 6) is 1.11. The number of nitriles is 1. The fourth-order valence-corrected chi connectivity index (χ4v) is 1.45. The molecule has 2 aromatic rings. The maximum absolute atomic E-state index is 8.72. The molecule has 1 aromatic heterocycles. The number of aromatic nitrogens is 3. The minimum atomic E-state index is 0.422. The van der Waals surface area contributed by atoms with Crippen molar-refractivity contribution in [2.45, 2.75) is 13.3 Å². The zero-order valence-corrected chi connectivity index (χ0v) is 10.6. The van der Waals surface area contributed by atoms with Gasteiger partial charge in [0, 0.05) is 12.2 Å². The van der Waals surface area contributed by atoms with E-state index >= 15 is 0 Å². The van der Waals surface area contributed by atoms with Crippen LogP contribution in [0.25, 0.3) is 0 Å². The van der Waals surface area contributed by atoms with Crippen LogP contribution in [0, 0.1) is 11.3 Å². The zero-order chi connectivity index (χ0) is 13.5. The monoisotopic (exact) mass is 254 g/mol. The van der Waals surface area contributed by atoms with Crippen molar-refractivity contribution in [3.05, 3.63) is 36.0 Å². The summed E-state index contributed by atoms with van der Waals surface area (Å²) in [6.07, 6.45) is 2.60. The van der Waals surface area contributed by atoms with Gasteiger partial charge in [-0.25, -0.2) is 0 Å². The van der Waals surface area contributed by atoms with Crippen molar-refractivity contribution in [3.63, 3.8) is 0 Å². The van der Waals surface area contributed by atoms with E-state index in [1.54, 1.807) is 30.5 Å². The summed E-state index contributed by atoms with van der Waals surface area (Å²) < 4.78 is 0. The van der Waals surface area contributed by atoms with E-state index in [4.69, 9.17) is 5.26 Å². The standard InChI is InChI=1S/C13H14N6/c1-2-7-15-12-9-16-19-13(18-12)17-11-5-3-10(8-14)4-6-11/h3-6,9H,2,7H2,1H3,(H2,15,17,18,19). The van der Waals surface area contributed by atoms with Gasteiger partial charge in [0.15, 0.2) is 5.82 Å². The summed E-state index contributed by atoms with van der Waals surface area (Å²) in [7, 11) is 0. The summed E-state index contributed by atoms with van der Waals surface area (Å²) in [6.45, 7) is 2.92. The van der Waals surface area contributed by atoms with Crippen LogP contribution in [0.3, 0.4) is 0 Å². The first-order valence-corrected chi connectivity index (χ1v) is 6.02.